The van der Waals surface area contributed by atoms with E-state index in [9.17, 15) is 9.18 Å². The molecule has 120 valence electrons. The van der Waals surface area contributed by atoms with Gasteiger partial charge in [-0.3, -0.25) is 4.79 Å². The van der Waals surface area contributed by atoms with Crippen LogP contribution in [0.1, 0.15) is 24.2 Å². The number of pyridine rings is 1. The molecule has 0 saturated heterocycles. The van der Waals surface area contributed by atoms with Gasteiger partial charge in [0.05, 0.1) is 0 Å². The molecule has 1 unspecified atom stereocenters. The van der Waals surface area contributed by atoms with Crippen molar-refractivity contribution in [3.05, 3.63) is 66.1 Å². The maximum absolute atomic E-state index is 14.2. The number of esters is 1. The van der Waals surface area contributed by atoms with E-state index in [0.29, 0.717) is 23.6 Å². The second-order valence-corrected chi connectivity index (χ2v) is 4.91. The number of anilines is 2. The Hall–Kier alpha value is -2.89. The number of halogens is 1. The van der Waals surface area contributed by atoms with Crippen LogP contribution < -0.4 is 11.1 Å². The standard InChI is InChI=1S/C17H18FN3O2/c1-3-7-20-16-9-12(6-8-21-16)17(23-11(2)22)14-5-4-13(19)10-15(14)18/h3-6,8-10,17H,1,7,19H2,2H3,(H,20,21). The van der Waals surface area contributed by atoms with Gasteiger partial charge in [-0.25, -0.2) is 9.37 Å². The van der Waals surface area contributed by atoms with E-state index in [4.69, 9.17) is 10.5 Å². The summed E-state index contributed by atoms with van der Waals surface area (Å²) in [6, 6.07) is 7.64. The summed E-state index contributed by atoms with van der Waals surface area (Å²) in [5, 5.41) is 3.03. The van der Waals surface area contributed by atoms with Crippen LogP contribution in [0.15, 0.2) is 49.2 Å². The SMILES string of the molecule is C=CCNc1cc(C(OC(C)=O)c2ccc(N)cc2F)ccn1. The number of aromatic nitrogens is 1. The van der Waals surface area contributed by atoms with Gasteiger partial charge in [0.1, 0.15) is 11.6 Å². The van der Waals surface area contributed by atoms with E-state index in [1.165, 1.54) is 19.1 Å². The first kappa shape index (κ1) is 16.5. The van der Waals surface area contributed by atoms with Gasteiger partial charge in [-0.15, -0.1) is 6.58 Å². The summed E-state index contributed by atoms with van der Waals surface area (Å²) in [7, 11) is 0. The first-order chi connectivity index (χ1) is 11.0. The first-order valence-corrected chi connectivity index (χ1v) is 7.04. The summed E-state index contributed by atoms with van der Waals surface area (Å²) in [6.45, 7) is 5.43. The molecule has 1 heterocycles. The number of rotatable bonds is 6. The largest absolute Gasteiger partial charge is 0.453 e. The summed E-state index contributed by atoms with van der Waals surface area (Å²) >= 11 is 0. The number of hydrogen-bond donors (Lipinski definition) is 2. The second kappa shape index (κ2) is 7.40. The number of benzene rings is 1. The van der Waals surface area contributed by atoms with Crippen molar-refractivity contribution in [3.63, 3.8) is 0 Å². The van der Waals surface area contributed by atoms with Crippen molar-refractivity contribution in [2.45, 2.75) is 13.0 Å². The fraction of sp³-hybridized carbons (Fsp3) is 0.176. The molecular weight excluding hydrogens is 297 g/mol. The van der Waals surface area contributed by atoms with E-state index in [1.807, 2.05) is 0 Å². The molecule has 6 heteroatoms. The number of nitrogens with zero attached hydrogens (tertiary/aromatic N) is 1. The molecule has 0 amide bonds. The van der Waals surface area contributed by atoms with Gasteiger partial charge in [-0.2, -0.15) is 0 Å². The lowest BCUT2D eigenvalue weighted by Crippen LogP contribution is -2.13. The van der Waals surface area contributed by atoms with Crippen molar-refractivity contribution in [2.24, 2.45) is 0 Å². The van der Waals surface area contributed by atoms with Crippen LogP contribution in [-0.4, -0.2) is 17.5 Å². The Morgan fingerprint density at radius 2 is 2.26 bits per heavy atom. The van der Waals surface area contributed by atoms with Crippen molar-refractivity contribution in [1.29, 1.82) is 0 Å². The molecule has 1 aromatic carbocycles. The van der Waals surface area contributed by atoms with Crippen molar-refractivity contribution in [3.8, 4) is 0 Å². The van der Waals surface area contributed by atoms with Gasteiger partial charge < -0.3 is 15.8 Å². The Balaban J connectivity index is 2.42. The summed E-state index contributed by atoms with van der Waals surface area (Å²) in [5.41, 5.74) is 6.71. The lowest BCUT2D eigenvalue weighted by Gasteiger charge is -2.19. The highest BCUT2D eigenvalue weighted by Gasteiger charge is 2.21. The highest BCUT2D eigenvalue weighted by molar-refractivity contribution is 5.67. The van der Waals surface area contributed by atoms with E-state index in [0.717, 1.165) is 0 Å². The summed E-state index contributed by atoms with van der Waals surface area (Å²) < 4.78 is 19.5. The van der Waals surface area contributed by atoms with Gasteiger partial charge in [0.15, 0.2) is 6.10 Å². The molecule has 2 rings (SSSR count). The fourth-order valence-electron chi connectivity index (χ4n) is 2.12. The molecule has 0 fully saturated rings. The van der Waals surface area contributed by atoms with Crippen LogP contribution in [0.4, 0.5) is 15.9 Å². The second-order valence-electron chi connectivity index (χ2n) is 4.91. The Morgan fingerprint density at radius 1 is 1.48 bits per heavy atom. The van der Waals surface area contributed by atoms with E-state index in [1.54, 1.807) is 30.5 Å². The Labute approximate surface area is 134 Å². The predicted octanol–water partition coefficient (Wildman–Crippen LogP) is 3.05. The zero-order chi connectivity index (χ0) is 16.8. The topological polar surface area (TPSA) is 77.2 Å². The maximum Gasteiger partial charge on any atom is 0.303 e. The molecule has 3 N–H and O–H groups in total. The van der Waals surface area contributed by atoms with Crippen LogP contribution in [0, 0.1) is 5.82 Å². The Morgan fingerprint density at radius 3 is 2.91 bits per heavy atom. The number of hydrogen-bond acceptors (Lipinski definition) is 5. The van der Waals surface area contributed by atoms with E-state index < -0.39 is 17.9 Å². The van der Waals surface area contributed by atoms with Gasteiger partial charge in [0.25, 0.3) is 0 Å². The number of ether oxygens (including phenoxy) is 1. The van der Waals surface area contributed by atoms with Gasteiger partial charge in [-0.1, -0.05) is 6.08 Å². The third kappa shape index (κ3) is 4.29. The number of carbonyl (C=O) groups excluding carboxylic acids is 1. The molecule has 23 heavy (non-hydrogen) atoms. The van der Waals surface area contributed by atoms with E-state index in [-0.39, 0.29) is 5.56 Å². The Bertz CT molecular complexity index is 719. The Kier molecular flexibility index (Phi) is 5.30. The van der Waals surface area contributed by atoms with Gasteiger partial charge in [0.2, 0.25) is 0 Å². The summed E-state index contributed by atoms with van der Waals surface area (Å²) in [4.78, 5) is 15.6. The summed E-state index contributed by atoms with van der Waals surface area (Å²) in [6.07, 6.45) is 2.38. The maximum atomic E-state index is 14.2. The van der Waals surface area contributed by atoms with Crippen molar-refractivity contribution in [1.82, 2.24) is 4.98 Å². The summed E-state index contributed by atoms with van der Waals surface area (Å²) in [5.74, 6) is -0.465. The molecule has 0 aliphatic heterocycles. The lowest BCUT2D eigenvalue weighted by atomic mass is 10.0. The minimum absolute atomic E-state index is 0.232. The average Bonchev–Trinajstić information content (AvgIpc) is 2.51. The fourth-order valence-corrected chi connectivity index (χ4v) is 2.12. The highest BCUT2D eigenvalue weighted by atomic mass is 19.1. The van der Waals surface area contributed by atoms with Crippen LogP contribution in [0.25, 0.3) is 0 Å². The smallest absolute Gasteiger partial charge is 0.303 e. The van der Waals surface area contributed by atoms with Crippen LogP contribution in [0.5, 0.6) is 0 Å². The zero-order valence-corrected chi connectivity index (χ0v) is 12.8. The average molecular weight is 315 g/mol. The predicted molar refractivity (Wildman–Crippen MR) is 87.3 cm³/mol. The third-order valence-corrected chi connectivity index (χ3v) is 3.11. The normalized spacial score (nSPS) is 11.6. The number of carbonyl (C=O) groups is 1. The van der Waals surface area contributed by atoms with Crippen molar-refractivity contribution < 1.29 is 13.9 Å². The number of nitrogen functional groups attached to an aromatic ring is 1. The van der Waals surface area contributed by atoms with Crippen molar-refractivity contribution >= 4 is 17.5 Å². The molecule has 0 aliphatic rings. The van der Waals surface area contributed by atoms with Crippen LogP contribution in [0.2, 0.25) is 0 Å². The number of nitrogens with one attached hydrogen (secondary N) is 1. The molecule has 1 atom stereocenters. The molecule has 1 aromatic heterocycles. The van der Waals surface area contributed by atoms with Gasteiger partial charge >= 0.3 is 5.97 Å². The van der Waals surface area contributed by atoms with E-state index >= 15 is 0 Å². The molecule has 5 nitrogen and oxygen atoms in total. The van der Waals surface area contributed by atoms with Gasteiger partial charge in [-0.05, 0) is 30.3 Å². The molecular formula is C17H18FN3O2. The third-order valence-electron chi connectivity index (χ3n) is 3.11. The van der Waals surface area contributed by atoms with Crippen LogP contribution in [0.3, 0.4) is 0 Å². The van der Waals surface area contributed by atoms with E-state index in [2.05, 4.69) is 16.9 Å². The molecule has 0 radical (unpaired) electrons. The van der Waals surface area contributed by atoms with Crippen molar-refractivity contribution in [2.75, 3.05) is 17.6 Å². The quantitative estimate of drug-likeness (QED) is 0.487. The highest BCUT2D eigenvalue weighted by Crippen LogP contribution is 2.30. The molecule has 0 saturated carbocycles. The minimum atomic E-state index is -0.875. The number of nitrogens with two attached hydrogens (primary N) is 1. The first-order valence-electron chi connectivity index (χ1n) is 7.04. The molecule has 2 aromatic rings. The van der Waals surface area contributed by atoms with Gasteiger partial charge in [0, 0.05) is 36.5 Å². The molecule has 0 bridgehead atoms. The minimum Gasteiger partial charge on any atom is -0.453 e. The molecule has 0 aliphatic carbocycles. The van der Waals surface area contributed by atoms with Crippen LogP contribution in [-0.2, 0) is 9.53 Å². The van der Waals surface area contributed by atoms with Crippen LogP contribution >= 0.6 is 0 Å². The lowest BCUT2D eigenvalue weighted by molar-refractivity contribution is -0.144. The molecule has 0 spiro atoms. The zero-order valence-electron chi connectivity index (χ0n) is 12.8. The monoisotopic (exact) mass is 315 g/mol.